The summed E-state index contributed by atoms with van der Waals surface area (Å²) < 4.78 is 0. The van der Waals surface area contributed by atoms with Gasteiger partial charge in [-0.15, -0.1) is 0 Å². The minimum absolute atomic E-state index is 0.287. The van der Waals surface area contributed by atoms with Crippen LogP contribution in [0.15, 0.2) is 24.3 Å². The number of carbonyl (C=O) groups excluding carboxylic acids is 2. The molecule has 0 aliphatic rings. The molecule has 7 nitrogen and oxygen atoms in total. The maximum absolute atomic E-state index is 11.5. The minimum atomic E-state index is -1.14. The number of nitrogens with one attached hydrogen (secondary N) is 3. The van der Waals surface area contributed by atoms with Crippen molar-refractivity contribution in [3.05, 3.63) is 29.8 Å². The molecule has 0 aliphatic heterocycles. The van der Waals surface area contributed by atoms with Gasteiger partial charge in [0.2, 0.25) is 5.91 Å². The topological polar surface area (TPSA) is 108 Å². The number of hydrogen-bond acceptors (Lipinski definition) is 3. The first-order valence-electron chi connectivity index (χ1n) is 5.58. The number of anilines is 1. The van der Waals surface area contributed by atoms with Crippen LogP contribution in [-0.2, 0) is 9.59 Å². The van der Waals surface area contributed by atoms with Gasteiger partial charge in [-0.2, -0.15) is 0 Å². The van der Waals surface area contributed by atoms with Gasteiger partial charge in [0.25, 0.3) is 0 Å². The first-order valence-corrected chi connectivity index (χ1v) is 5.58. The van der Waals surface area contributed by atoms with E-state index < -0.39 is 24.5 Å². The van der Waals surface area contributed by atoms with Crippen LogP contribution < -0.4 is 16.0 Å². The van der Waals surface area contributed by atoms with Gasteiger partial charge in [-0.1, -0.05) is 18.2 Å². The number of amides is 3. The number of benzene rings is 1. The summed E-state index contributed by atoms with van der Waals surface area (Å²) in [5.41, 5.74) is 1.54. The van der Waals surface area contributed by atoms with E-state index in [9.17, 15) is 14.4 Å². The summed E-state index contributed by atoms with van der Waals surface area (Å²) in [5, 5.41) is 15.4. The molecular weight excluding hydrogens is 250 g/mol. The summed E-state index contributed by atoms with van der Waals surface area (Å²) in [4.78, 5) is 32.8. The maximum Gasteiger partial charge on any atom is 0.322 e. The summed E-state index contributed by atoms with van der Waals surface area (Å²) in [5.74, 6) is -1.71. The Labute approximate surface area is 110 Å². The highest BCUT2D eigenvalue weighted by atomic mass is 16.4. The van der Waals surface area contributed by atoms with E-state index >= 15 is 0 Å². The van der Waals surface area contributed by atoms with Gasteiger partial charge in [0, 0.05) is 5.69 Å². The first-order chi connectivity index (χ1) is 8.99. The van der Waals surface area contributed by atoms with E-state index in [4.69, 9.17) is 5.11 Å². The third-order valence-corrected chi connectivity index (χ3v) is 2.24. The number of aliphatic carboxylic acids is 1. The number of urea groups is 1. The van der Waals surface area contributed by atoms with E-state index in [0.717, 1.165) is 5.56 Å². The Morgan fingerprint density at radius 2 is 1.79 bits per heavy atom. The predicted octanol–water partition coefficient (Wildman–Crippen LogP) is 0.317. The number of aryl methyl sites for hydroxylation is 1. The van der Waals surface area contributed by atoms with Gasteiger partial charge in [-0.3, -0.25) is 9.59 Å². The van der Waals surface area contributed by atoms with Crippen molar-refractivity contribution in [2.45, 2.75) is 6.92 Å². The molecule has 0 saturated heterocycles. The van der Waals surface area contributed by atoms with Crippen LogP contribution in [-0.4, -0.2) is 36.1 Å². The molecule has 4 N–H and O–H groups in total. The Kier molecular flexibility index (Phi) is 5.34. The molecule has 0 atom stereocenters. The molecule has 0 spiro atoms. The van der Waals surface area contributed by atoms with Crippen molar-refractivity contribution >= 4 is 23.6 Å². The zero-order valence-electron chi connectivity index (χ0n) is 10.4. The van der Waals surface area contributed by atoms with Crippen LogP contribution >= 0.6 is 0 Å². The van der Waals surface area contributed by atoms with E-state index in [2.05, 4.69) is 16.0 Å². The van der Waals surface area contributed by atoms with Gasteiger partial charge in [-0.25, -0.2) is 4.79 Å². The van der Waals surface area contributed by atoms with Crippen molar-refractivity contribution in [3.63, 3.8) is 0 Å². The van der Waals surface area contributed by atoms with Crippen molar-refractivity contribution in [3.8, 4) is 0 Å². The molecule has 0 aromatic heterocycles. The Bertz CT molecular complexity index is 488. The third-order valence-electron chi connectivity index (χ3n) is 2.24. The largest absolute Gasteiger partial charge is 0.480 e. The van der Waals surface area contributed by atoms with E-state index in [-0.39, 0.29) is 6.54 Å². The summed E-state index contributed by atoms with van der Waals surface area (Å²) in [6.45, 7) is 1.08. The molecule has 19 heavy (non-hydrogen) atoms. The fourth-order valence-electron chi connectivity index (χ4n) is 1.28. The molecule has 1 rings (SSSR count). The number of carbonyl (C=O) groups is 3. The molecular formula is C12H15N3O4. The van der Waals surface area contributed by atoms with Gasteiger partial charge in [-0.05, 0) is 18.6 Å². The monoisotopic (exact) mass is 265 g/mol. The number of rotatable bonds is 5. The fourth-order valence-corrected chi connectivity index (χ4v) is 1.28. The second-order valence-electron chi connectivity index (χ2n) is 3.79. The van der Waals surface area contributed by atoms with Crippen LogP contribution in [0.4, 0.5) is 10.5 Å². The molecule has 3 amide bonds. The third kappa shape index (κ3) is 5.53. The summed E-state index contributed by atoms with van der Waals surface area (Å²) in [7, 11) is 0. The molecule has 0 aliphatic carbocycles. The lowest BCUT2D eigenvalue weighted by Crippen LogP contribution is -2.40. The summed E-state index contributed by atoms with van der Waals surface area (Å²) >= 11 is 0. The number of carboxylic acids is 1. The lowest BCUT2D eigenvalue weighted by atomic mass is 10.2. The highest BCUT2D eigenvalue weighted by Gasteiger charge is 2.07. The summed E-state index contributed by atoms with van der Waals surface area (Å²) in [6.07, 6.45) is 0. The molecule has 1 aromatic carbocycles. The van der Waals surface area contributed by atoms with Crippen LogP contribution in [0.1, 0.15) is 5.56 Å². The Morgan fingerprint density at radius 3 is 2.42 bits per heavy atom. The summed E-state index contributed by atoms with van der Waals surface area (Å²) in [6, 6.07) is 6.67. The lowest BCUT2D eigenvalue weighted by molar-refractivity contribution is -0.137. The van der Waals surface area contributed by atoms with E-state index in [1.165, 1.54) is 0 Å². The number of hydrogen-bond donors (Lipinski definition) is 4. The molecule has 1 aromatic rings. The standard InChI is InChI=1S/C12H15N3O4/c1-8-4-2-3-5-9(8)15-12(19)14-6-10(16)13-7-11(17)18/h2-5H,6-7H2,1H3,(H,13,16)(H,17,18)(H2,14,15,19). The van der Waals surface area contributed by atoms with Crippen molar-refractivity contribution in [2.24, 2.45) is 0 Å². The van der Waals surface area contributed by atoms with E-state index in [1.54, 1.807) is 12.1 Å². The Balaban J connectivity index is 2.34. The van der Waals surface area contributed by atoms with Crippen molar-refractivity contribution < 1.29 is 19.5 Å². The fraction of sp³-hybridized carbons (Fsp3) is 0.250. The number of para-hydroxylation sites is 1. The van der Waals surface area contributed by atoms with Crippen LogP contribution in [0.5, 0.6) is 0 Å². The van der Waals surface area contributed by atoms with Gasteiger partial charge in [0.15, 0.2) is 0 Å². The average molecular weight is 265 g/mol. The molecule has 0 heterocycles. The highest BCUT2D eigenvalue weighted by Crippen LogP contribution is 2.12. The number of carboxylic acid groups (broad SMARTS) is 1. The van der Waals surface area contributed by atoms with Crippen molar-refractivity contribution in [1.29, 1.82) is 0 Å². The Hall–Kier alpha value is -2.57. The van der Waals surface area contributed by atoms with Gasteiger partial charge in [0.1, 0.15) is 6.54 Å². The normalized spacial score (nSPS) is 9.53. The molecule has 7 heteroatoms. The smallest absolute Gasteiger partial charge is 0.322 e. The van der Waals surface area contributed by atoms with Crippen LogP contribution in [0.25, 0.3) is 0 Å². The van der Waals surface area contributed by atoms with Crippen molar-refractivity contribution in [1.82, 2.24) is 10.6 Å². The van der Waals surface area contributed by atoms with E-state index in [0.29, 0.717) is 5.69 Å². The van der Waals surface area contributed by atoms with Crippen molar-refractivity contribution in [2.75, 3.05) is 18.4 Å². The molecule has 0 unspecified atom stereocenters. The zero-order valence-corrected chi connectivity index (χ0v) is 10.4. The molecule has 0 saturated carbocycles. The van der Waals surface area contributed by atoms with Gasteiger partial charge in [0.05, 0.1) is 6.54 Å². The maximum atomic E-state index is 11.5. The zero-order chi connectivity index (χ0) is 14.3. The second kappa shape index (κ2) is 7.00. The molecule has 0 fully saturated rings. The second-order valence-corrected chi connectivity index (χ2v) is 3.79. The molecule has 0 bridgehead atoms. The van der Waals surface area contributed by atoms with Gasteiger partial charge >= 0.3 is 12.0 Å². The van der Waals surface area contributed by atoms with Crippen LogP contribution in [0.3, 0.4) is 0 Å². The first kappa shape index (κ1) is 14.5. The lowest BCUT2D eigenvalue weighted by Gasteiger charge is -2.09. The Morgan fingerprint density at radius 1 is 1.11 bits per heavy atom. The van der Waals surface area contributed by atoms with Crippen LogP contribution in [0.2, 0.25) is 0 Å². The average Bonchev–Trinajstić information content (AvgIpc) is 2.36. The van der Waals surface area contributed by atoms with Gasteiger partial charge < -0.3 is 21.1 Å². The van der Waals surface area contributed by atoms with E-state index in [1.807, 2.05) is 19.1 Å². The molecule has 102 valence electrons. The highest BCUT2D eigenvalue weighted by molar-refractivity contribution is 5.93. The SMILES string of the molecule is Cc1ccccc1NC(=O)NCC(=O)NCC(=O)O. The minimum Gasteiger partial charge on any atom is -0.480 e. The predicted molar refractivity (Wildman–Crippen MR) is 68.8 cm³/mol. The van der Waals surface area contributed by atoms with Crippen LogP contribution in [0, 0.1) is 6.92 Å². The molecule has 0 radical (unpaired) electrons. The quantitative estimate of drug-likeness (QED) is 0.614.